The van der Waals surface area contributed by atoms with Crippen LogP contribution in [0.5, 0.6) is 0 Å². The summed E-state index contributed by atoms with van der Waals surface area (Å²) < 4.78 is 0. The van der Waals surface area contributed by atoms with E-state index in [0.29, 0.717) is 35.2 Å². The van der Waals surface area contributed by atoms with E-state index in [9.17, 15) is 29.1 Å². The number of primary amides is 1. The van der Waals surface area contributed by atoms with Crippen molar-refractivity contribution in [2.75, 3.05) is 13.1 Å². The number of ketones is 1. The van der Waals surface area contributed by atoms with Crippen LogP contribution in [0.3, 0.4) is 0 Å². The van der Waals surface area contributed by atoms with Gasteiger partial charge in [-0.05, 0) is 29.9 Å². The first-order valence-electron chi connectivity index (χ1n) is 14.2. The molecule has 6 N–H and O–H groups in total. The van der Waals surface area contributed by atoms with Crippen LogP contribution in [0.2, 0.25) is 0 Å². The van der Waals surface area contributed by atoms with E-state index in [1.54, 1.807) is 48.5 Å². The SMILES string of the molecule is CC1CCCCC1.NC(=O)C(=O)C(CC1CCNC1=O)NC(=O)CNC(=O)C1(O)c2ccccc2-c2ccccc21. The molecule has 1 heterocycles. The second-order valence-electron chi connectivity index (χ2n) is 11.1. The van der Waals surface area contributed by atoms with E-state index in [0.717, 1.165) is 5.92 Å². The molecule has 2 fully saturated rings. The van der Waals surface area contributed by atoms with Crippen molar-refractivity contribution in [2.24, 2.45) is 17.6 Å². The number of nitrogens with two attached hydrogens (primary N) is 1. The van der Waals surface area contributed by atoms with Crippen LogP contribution in [0.1, 0.15) is 63.0 Å². The Balaban J connectivity index is 0.000000483. The molecule has 41 heavy (non-hydrogen) atoms. The van der Waals surface area contributed by atoms with E-state index in [2.05, 4.69) is 22.9 Å². The van der Waals surface area contributed by atoms with Crippen molar-refractivity contribution >= 4 is 29.4 Å². The molecule has 0 spiro atoms. The van der Waals surface area contributed by atoms with Crippen LogP contribution in [0.25, 0.3) is 11.1 Å². The fraction of sp³-hybridized carbons (Fsp3) is 0.452. The third kappa shape index (κ3) is 6.65. The Morgan fingerprint density at radius 3 is 2.05 bits per heavy atom. The lowest BCUT2D eigenvalue weighted by Crippen LogP contribution is -2.52. The van der Waals surface area contributed by atoms with Crippen LogP contribution in [0.15, 0.2) is 48.5 Å². The summed E-state index contributed by atoms with van der Waals surface area (Å²) in [7, 11) is 0. The van der Waals surface area contributed by atoms with Crippen LogP contribution in [0, 0.1) is 11.8 Å². The third-order valence-corrected chi connectivity index (χ3v) is 8.13. The van der Waals surface area contributed by atoms with E-state index in [-0.39, 0.29) is 12.3 Å². The summed E-state index contributed by atoms with van der Waals surface area (Å²) >= 11 is 0. The van der Waals surface area contributed by atoms with Gasteiger partial charge in [0.1, 0.15) is 0 Å². The van der Waals surface area contributed by atoms with Crippen LogP contribution in [-0.4, -0.2) is 53.6 Å². The number of fused-ring (bicyclic) bond motifs is 3. The highest BCUT2D eigenvalue weighted by molar-refractivity contribution is 6.37. The number of benzene rings is 2. The highest BCUT2D eigenvalue weighted by Crippen LogP contribution is 2.47. The summed E-state index contributed by atoms with van der Waals surface area (Å²) in [5.41, 5.74) is 5.29. The summed E-state index contributed by atoms with van der Waals surface area (Å²) in [6, 6.07) is 12.6. The maximum atomic E-state index is 13.1. The largest absolute Gasteiger partial charge is 0.372 e. The number of rotatable bonds is 8. The zero-order chi connectivity index (χ0) is 29.6. The molecule has 0 bridgehead atoms. The number of hydrogen-bond donors (Lipinski definition) is 5. The van der Waals surface area contributed by atoms with Gasteiger partial charge in [0.2, 0.25) is 17.6 Å². The fourth-order valence-electron chi connectivity index (χ4n) is 5.85. The summed E-state index contributed by atoms with van der Waals surface area (Å²) in [5, 5.41) is 18.9. The van der Waals surface area contributed by atoms with E-state index in [4.69, 9.17) is 5.73 Å². The van der Waals surface area contributed by atoms with Gasteiger partial charge in [-0.25, -0.2) is 0 Å². The molecule has 2 atom stereocenters. The summed E-state index contributed by atoms with van der Waals surface area (Å²) in [4.78, 5) is 61.1. The van der Waals surface area contributed by atoms with Crippen molar-refractivity contribution in [3.8, 4) is 11.1 Å². The summed E-state index contributed by atoms with van der Waals surface area (Å²) in [6.45, 7) is 2.23. The maximum absolute atomic E-state index is 13.1. The number of nitrogens with one attached hydrogen (secondary N) is 3. The first kappa shape index (κ1) is 29.9. The second kappa shape index (κ2) is 13.1. The molecule has 2 unspecified atom stereocenters. The average Bonchev–Trinajstić information content (AvgIpc) is 3.50. The van der Waals surface area contributed by atoms with Crippen LogP contribution >= 0.6 is 0 Å². The Morgan fingerprint density at radius 2 is 1.56 bits per heavy atom. The Morgan fingerprint density at radius 1 is 0.976 bits per heavy atom. The van der Waals surface area contributed by atoms with E-state index in [1.165, 1.54) is 32.1 Å². The standard InChI is InChI=1S/C24H24N4O6.C7H14/c25-21(31)20(30)18(11-13-9-10-26-22(13)32)28-19(29)12-27-23(33)24(34)16-7-3-1-5-14(16)15-6-2-4-8-17(15)24;1-7-5-3-2-4-6-7/h1-8,13,18,34H,9-12H2,(H2,25,31)(H,26,32)(H,27,33)(H,28,29);7H,2-6H2,1H3. The Labute approximate surface area is 239 Å². The van der Waals surface area contributed by atoms with Gasteiger partial charge in [0.15, 0.2) is 5.60 Å². The Kier molecular flexibility index (Phi) is 9.54. The van der Waals surface area contributed by atoms with Gasteiger partial charge in [0.05, 0.1) is 12.6 Å². The average molecular weight is 563 g/mol. The van der Waals surface area contributed by atoms with Crippen molar-refractivity contribution in [1.82, 2.24) is 16.0 Å². The first-order chi connectivity index (χ1) is 19.6. The zero-order valence-corrected chi connectivity index (χ0v) is 23.3. The summed E-state index contributed by atoms with van der Waals surface area (Å²) in [6.07, 6.45) is 7.81. The molecule has 10 nitrogen and oxygen atoms in total. The molecule has 218 valence electrons. The number of Topliss-reactive ketones (excluding diaryl/α,β-unsaturated/α-hetero) is 1. The Bertz CT molecular complexity index is 1270. The minimum atomic E-state index is -2.00. The summed E-state index contributed by atoms with van der Waals surface area (Å²) in [5.74, 6) is -3.63. The van der Waals surface area contributed by atoms with Gasteiger partial charge in [0.25, 0.3) is 11.8 Å². The van der Waals surface area contributed by atoms with Crippen molar-refractivity contribution in [3.63, 3.8) is 0 Å². The zero-order valence-electron chi connectivity index (χ0n) is 23.3. The predicted molar refractivity (Wildman–Crippen MR) is 152 cm³/mol. The molecule has 4 amide bonds. The minimum absolute atomic E-state index is 0.0853. The number of hydrogen-bond acceptors (Lipinski definition) is 6. The normalized spacial score (nSPS) is 19.5. The monoisotopic (exact) mass is 562 g/mol. The van der Waals surface area contributed by atoms with Crippen LogP contribution < -0.4 is 21.7 Å². The molecule has 10 heteroatoms. The molecule has 3 aliphatic rings. The van der Waals surface area contributed by atoms with Gasteiger partial charge in [-0.15, -0.1) is 0 Å². The third-order valence-electron chi connectivity index (χ3n) is 8.13. The molecule has 1 aliphatic heterocycles. The van der Waals surface area contributed by atoms with Gasteiger partial charge in [-0.1, -0.05) is 87.6 Å². The molecule has 0 radical (unpaired) electrons. The number of carbonyl (C=O) groups is 5. The van der Waals surface area contributed by atoms with Crippen molar-refractivity contribution < 1.29 is 29.1 Å². The topological polar surface area (TPSA) is 168 Å². The van der Waals surface area contributed by atoms with Gasteiger partial charge in [-0.2, -0.15) is 0 Å². The van der Waals surface area contributed by atoms with E-state index < -0.39 is 47.6 Å². The molecular weight excluding hydrogens is 524 g/mol. The molecule has 1 saturated carbocycles. The van der Waals surface area contributed by atoms with Crippen LogP contribution in [-0.2, 0) is 29.6 Å². The van der Waals surface area contributed by atoms with E-state index in [1.807, 2.05) is 0 Å². The first-order valence-corrected chi connectivity index (χ1v) is 14.2. The van der Waals surface area contributed by atoms with Gasteiger partial charge < -0.3 is 26.8 Å². The predicted octanol–water partition coefficient (Wildman–Crippen LogP) is 1.67. The smallest absolute Gasteiger partial charge is 0.287 e. The maximum Gasteiger partial charge on any atom is 0.287 e. The number of amides is 4. The Hall–Kier alpha value is -4.05. The quantitative estimate of drug-likeness (QED) is 0.307. The van der Waals surface area contributed by atoms with Gasteiger partial charge in [-0.3, -0.25) is 24.0 Å². The second-order valence-corrected chi connectivity index (χ2v) is 11.1. The fourth-order valence-corrected chi connectivity index (χ4v) is 5.85. The minimum Gasteiger partial charge on any atom is -0.372 e. The lowest BCUT2D eigenvalue weighted by atomic mass is 9.90. The lowest BCUT2D eigenvalue weighted by Gasteiger charge is -2.25. The number of carbonyl (C=O) groups excluding carboxylic acids is 5. The lowest BCUT2D eigenvalue weighted by molar-refractivity contribution is -0.140. The van der Waals surface area contributed by atoms with Gasteiger partial charge in [0, 0.05) is 23.6 Å². The van der Waals surface area contributed by atoms with Crippen molar-refractivity contribution in [1.29, 1.82) is 0 Å². The molecule has 0 aromatic heterocycles. The highest BCUT2D eigenvalue weighted by atomic mass is 16.3. The van der Waals surface area contributed by atoms with Crippen LogP contribution in [0.4, 0.5) is 0 Å². The molecular formula is C31H38N4O6. The highest BCUT2D eigenvalue weighted by Gasteiger charge is 2.47. The van der Waals surface area contributed by atoms with Crippen molar-refractivity contribution in [3.05, 3.63) is 59.7 Å². The molecule has 5 rings (SSSR count). The molecule has 1 saturated heterocycles. The van der Waals surface area contributed by atoms with Crippen molar-refractivity contribution in [2.45, 2.75) is 63.5 Å². The molecule has 2 aliphatic carbocycles. The molecule has 2 aromatic rings. The van der Waals surface area contributed by atoms with E-state index >= 15 is 0 Å². The van der Waals surface area contributed by atoms with Gasteiger partial charge >= 0.3 is 0 Å². The molecule has 2 aromatic carbocycles. The number of aliphatic hydroxyl groups is 1.